The van der Waals surface area contributed by atoms with Crippen LogP contribution in [0.3, 0.4) is 0 Å². The molecule has 0 radical (unpaired) electrons. The Kier molecular flexibility index (Phi) is 11.7. The van der Waals surface area contributed by atoms with E-state index in [1.807, 2.05) is 0 Å². The summed E-state index contributed by atoms with van der Waals surface area (Å²) in [5.74, 6) is 0. The van der Waals surface area contributed by atoms with Crippen molar-refractivity contribution in [1.29, 1.82) is 0 Å². The van der Waals surface area contributed by atoms with Gasteiger partial charge in [-0.1, -0.05) is 275 Å². The summed E-state index contributed by atoms with van der Waals surface area (Å²) >= 11 is 5.22. The van der Waals surface area contributed by atoms with Crippen molar-refractivity contribution in [2.75, 3.05) is 0 Å². The van der Waals surface area contributed by atoms with E-state index in [9.17, 15) is 0 Å². The molecular formula is C88H50B2I2. The third-order valence-electron chi connectivity index (χ3n) is 20.7. The zero-order chi connectivity index (χ0) is 60.4. The fourth-order valence-corrected chi connectivity index (χ4v) is 18.3. The summed E-state index contributed by atoms with van der Waals surface area (Å²) in [7, 11) is 0. The minimum absolute atomic E-state index is 0.0113. The molecule has 0 N–H and O–H groups in total. The van der Waals surface area contributed by atoms with E-state index in [-0.39, 0.29) is 13.4 Å². The van der Waals surface area contributed by atoms with Crippen LogP contribution in [0.4, 0.5) is 0 Å². The lowest BCUT2D eigenvalue weighted by Crippen LogP contribution is -2.53. The zero-order valence-corrected chi connectivity index (χ0v) is 54.1. The van der Waals surface area contributed by atoms with Gasteiger partial charge in [0, 0.05) is 7.14 Å². The van der Waals surface area contributed by atoms with Gasteiger partial charge in [0.25, 0.3) is 0 Å². The van der Waals surface area contributed by atoms with Crippen LogP contribution in [0.15, 0.2) is 303 Å². The zero-order valence-electron chi connectivity index (χ0n) is 49.8. The van der Waals surface area contributed by atoms with Crippen LogP contribution in [-0.4, -0.2) is 13.4 Å². The molecule has 20 rings (SSSR count). The Labute approximate surface area is 562 Å². The van der Waals surface area contributed by atoms with E-state index in [0.717, 1.165) is 0 Å². The third kappa shape index (κ3) is 7.65. The molecule has 0 amide bonds. The van der Waals surface area contributed by atoms with Crippen LogP contribution in [0.2, 0.25) is 0 Å². The first-order valence-electron chi connectivity index (χ1n) is 31.9. The molecule has 0 spiro atoms. The lowest BCUT2D eigenvalue weighted by atomic mass is 9.34. The number of fused-ring (bicyclic) bond motifs is 10. The molecular weight excluding hydrogens is 1330 g/mol. The summed E-state index contributed by atoms with van der Waals surface area (Å²) in [5.41, 5.74) is 38.3. The average molecular weight is 1380 g/mol. The van der Waals surface area contributed by atoms with Gasteiger partial charge in [-0.05, 0) is 272 Å². The van der Waals surface area contributed by atoms with Crippen molar-refractivity contribution in [1.82, 2.24) is 0 Å². The van der Waals surface area contributed by atoms with E-state index in [4.69, 9.17) is 0 Å². The van der Waals surface area contributed by atoms with Gasteiger partial charge in [0.1, 0.15) is 0 Å². The highest BCUT2D eigenvalue weighted by Gasteiger charge is 2.45. The first kappa shape index (κ1) is 52.9. The number of hydrogen-bond donors (Lipinski definition) is 0. The molecule has 0 nitrogen and oxygen atoms in total. The maximum absolute atomic E-state index is 2.72. The Morgan fingerprint density at radius 2 is 0.467 bits per heavy atom. The first-order valence-corrected chi connectivity index (χ1v) is 34.1. The molecule has 0 bridgehead atoms. The van der Waals surface area contributed by atoms with Crippen LogP contribution in [0, 0.1) is 7.14 Å². The predicted octanol–water partition coefficient (Wildman–Crippen LogP) is 20.1. The molecule has 422 valence electrons. The smallest absolute Gasteiger partial charge is 0.0664 e. The van der Waals surface area contributed by atoms with E-state index in [2.05, 4.69) is 349 Å². The standard InChI is InChI=1S/C88H50B2I2/c91-59-43-73-61-35-20-22-38-78(61)90-80-50-72-68(82-65(55-31-15-5-16-32-55)41-58(52-25-9-2-10-26-52)42-66(82)56-33-17-6-18-34-56)48-70-76-46-60(92)44-74-62-36-19-21-37-77(62)89(88(74)76)79-49-71-67(47-69(75(45-59)87(73)90)83(80)85(71)86(72)84(70)79)81-63(53-27-11-3-12-28-53)39-57(51-23-7-1-8-24-51)40-64(81)54-29-13-4-14-30-54/h1-50H. The number of halogens is 2. The Morgan fingerprint density at radius 3 is 0.793 bits per heavy atom. The minimum atomic E-state index is 0.0113. The molecule has 0 atom stereocenters. The first-order chi connectivity index (χ1) is 45.5. The topological polar surface area (TPSA) is 0 Å². The van der Waals surface area contributed by atoms with E-state index in [1.165, 1.54) is 206 Å². The van der Waals surface area contributed by atoms with Crippen molar-refractivity contribution in [3.8, 4) is 134 Å². The van der Waals surface area contributed by atoms with E-state index in [0.29, 0.717) is 0 Å². The van der Waals surface area contributed by atoms with Crippen LogP contribution < -0.4 is 32.8 Å². The lowest BCUT2D eigenvalue weighted by Gasteiger charge is -2.33. The van der Waals surface area contributed by atoms with Gasteiger partial charge in [-0.2, -0.15) is 0 Å². The quantitative estimate of drug-likeness (QED) is 0.0808. The van der Waals surface area contributed by atoms with Crippen molar-refractivity contribution >= 4 is 124 Å². The largest absolute Gasteiger partial charge is 0.244 e. The summed E-state index contributed by atoms with van der Waals surface area (Å²) in [6, 6.07) is 116. The summed E-state index contributed by atoms with van der Waals surface area (Å²) < 4.78 is 2.49. The molecule has 0 fully saturated rings. The van der Waals surface area contributed by atoms with Gasteiger partial charge in [0.2, 0.25) is 13.4 Å². The van der Waals surface area contributed by atoms with Gasteiger partial charge >= 0.3 is 0 Å². The average Bonchev–Trinajstić information content (AvgIpc) is 1.20. The van der Waals surface area contributed by atoms with Gasteiger partial charge in [-0.25, -0.2) is 0 Å². The minimum Gasteiger partial charge on any atom is -0.0664 e. The normalized spacial score (nSPS) is 12.6. The molecule has 4 aliphatic heterocycles. The van der Waals surface area contributed by atoms with E-state index in [1.54, 1.807) is 0 Å². The highest BCUT2D eigenvalue weighted by Crippen LogP contribution is 2.56. The summed E-state index contributed by atoms with van der Waals surface area (Å²) in [6.07, 6.45) is 0. The molecule has 92 heavy (non-hydrogen) atoms. The van der Waals surface area contributed by atoms with Crippen LogP contribution in [0.5, 0.6) is 0 Å². The third-order valence-corrected chi connectivity index (χ3v) is 22.0. The van der Waals surface area contributed by atoms with Gasteiger partial charge in [-0.3, -0.25) is 0 Å². The highest BCUT2D eigenvalue weighted by molar-refractivity contribution is 14.1. The molecule has 0 saturated carbocycles. The second-order valence-corrected chi connectivity index (χ2v) is 27.9. The van der Waals surface area contributed by atoms with Crippen molar-refractivity contribution in [2.45, 2.75) is 0 Å². The molecule has 4 heteroatoms. The van der Waals surface area contributed by atoms with Crippen LogP contribution in [0.1, 0.15) is 0 Å². The molecule has 16 aromatic rings. The molecule has 0 saturated heterocycles. The maximum Gasteiger partial charge on any atom is 0.244 e. The number of benzene rings is 16. The van der Waals surface area contributed by atoms with Gasteiger partial charge in [-0.15, -0.1) is 0 Å². The highest BCUT2D eigenvalue weighted by atomic mass is 127. The monoisotopic (exact) mass is 1380 g/mol. The summed E-state index contributed by atoms with van der Waals surface area (Å²) in [5, 5.41) is 7.99. The Balaban J connectivity index is 1.05. The molecule has 4 heterocycles. The van der Waals surface area contributed by atoms with Crippen LogP contribution in [0.25, 0.3) is 166 Å². The summed E-state index contributed by atoms with van der Waals surface area (Å²) in [4.78, 5) is 0. The SMILES string of the molecule is Ic1cc2c3c(c1)-c1cc(-c4c(-c5ccccc5)cc(-c5ccccc5)cc4-c4ccccc4)c4cc5c6c(cc(-c7c(-c8ccccc8)cc(-c8ccccc8)cc7-c7ccccc7)c7cc(c1c4c76)B3c1ccccc1-2)-c1cc(I)cc2c1B5c1ccccc1-2. The Bertz CT molecular complexity index is 5330. The fourth-order valence-electron chi connectivity index (χ4n) is 17.1. The van der Waals surface area contributed by atoms with E-state index >= 15 is 0 Å². The fraction of sp³-hybridized carbons (Fsp3) is 0. The summed E-state index contributed by atoms with van der Waals surface area (Å²) in [6.45, 7) is 0.0226. The maximum atomic E-state index is 2.72. The van der Waals surface area contributed by atoms with E-state index < -0.39 is 0 Å². The molecule has 0 aliphatic carbocycles. The molecule has 0 aromatic heterocycles. The van der Waals surface area contributed by atoms with Crippen LogP contribution in [-0.2, 0) is 0 Å². The van der Waals surface area contributed by atoms with Crippen molar-refractivity contribution in [2.24, 2.45) is 0 Å². The Morgan fingerprint density at radius 1 is 0.185 bits per heavy atom. The molecule has 0 unspecified atom stereocenters. The number of hydrogen-bond acceptors (Lipinski definition) is 0. The van der Waals surface area contributed by atoms with Crippen molar-refractivity contribution in [3.63, 3.8) is 0 Å². The molecule has 4 aliphatic rings. The van der Waals surface area contributed by atoms with Gasteiger partial charge in [0.05, 0.1) is 0 Å². The predicted molar refractivity (Wildman–Crippen MR) is 410 cm³/mol. The second-order valence-electron chi connectivity index (χ2n) is 25.4. The van der Waals surface area contributed by atoms with Crippen LogP contribution >= 0.6 is 45.2 Å². The number of rotatable bonds is 8. The van der Waals surface area contributed by atoms with Crippen molar-refractivity contribution in [3.05, 3.63) is 310 Å². The van der Waals surface area contributed by atoms with Gasteiger partial charge in [0.15, 0.2) is 0 Å². The molecule has 16 aromatic carbocycles. The van der Waals surface area contributed by atoms with Gasteiger partial charge < -0.3 is 0 Å². The van der Waals surface area contributed by atoms with Crippen molar-refractivity contribution < 1.29 is 0 Å². The second kappa shape index (κ2) is 20.3. The Hall–Kier alpha value is -9.85. The lowest BCUT2D eigenvalue weighted by molar-refractivity contribution is 1.55.